The fourth-order valence-electron chi connectivity index (χ4n) is 2.69. The molecule has 0 spiro atoms. The molecule has 1 aromatic carbocycles. The molecule has 1 aliphatic heterocycles. The Morgan fingerprint density at radius 1 is 1.16 bits per heavy atom. The zero-order valence-electron chi connectivity index (χ0n) is 14.3. The first-order chi connectivity index (χ1) is 12.0. The summed E-state index contributed by atoms with van der Waals surface area (Å²) < 4.78 is 0. The average Bonchev–Trinajstić information content (AvgIpc) is 2.81. The molecule has 0 aromatic heterocycles. The van der Waals surface area contributed by atoms with Gasteiger partial charge >= 0.3 is 0 Å². The first-order valence-electron chi connectivity index (χ1n) is 8.40. The maximum Gasteiger partial charge on any atom is 0.246 e. The molecule has 0 unspecified atom stereocenters. The fourth-order valence-corrected chi connectivity index (χ4v) is 3.00. The lowest BCUT2D eigenvalue weighted by molar-refractivity contribution is -0.125. The molecule has 1 saturated heterocycles. The number of amides is 2. The number of rotatable bonds is 5. The summed E-state index contributed by atoms with van der Waals surface area (Å²) in [6.07, 6.45) is 4.15. The molecule has 136 valence electrons. The van der Waals surface area contributed by atoms with Crippen LogP contribution in [0, 0.1) is 0 Å². The van der Waals surface area contributed by atoms with Crippen LogP contribution in [0.5, 0.6) is 0 Å². The molecule has 0 aliphatic carbocycles. The van der Waals surface area contributed by atoms with Crippen LogP contribution in [0.4, 0.5) is 0 Å². The van der Waals surface area contributed by atoms with Crippen molar-refractivity contribution in [1.29, 1.82) is 0 Å². The van der Waals surface area contributed by atoms with Crippen LogP contribution in [0.15, 0.2) is 24.3 Å². The number of nitrogens with one attached hydrogen (secondary N) is 1. The molecule has 7 heteroatoms. The molecule has 0 radical (unpaired) electrons. The van der Waals surface area contributed by atoms with Gasteiger partial charge in [0.15, 0.2) is 0 Å². The van der Waals surface area contributed by atoms with E-state index in [1.54, 1.807) is 24.3 Å². The van der Waals surface area contributed by atoms with E-state index in [2.05, 4.69) is 10.2 Å². The Kier molecular flexibility index (Phi) is 7.75. The Labute approximate surface area is 158 Å². The van der Waals surface area contributed by atoms with Gasteiger partial charge in [-0.3, -0.25) is 14.5 Å². The van der Waals surface area contributed by atoms with Gasteiger partial charge in [0.1, 0.15) is 0 Å². The number of carbonyl (C=O) groups excluding carboxylic acids is 2. The number of halogens is 2. The molecule has 1 heterocycles. The summed E-state index contributed by atoms with van der Waals surface area (Å²) in [5, 5.41) is 3.76. The Balaban J connectivity index is 1.88. The molecule has 1 aliphatic rings. The Bertz CT molecular complexity index is 649. The van der Waals surface area contributed by atoms with Gasteiger partial charge in [0.2, 0.25) is 11.8 Å². The first kappa shape index (κ1) is 19.8. The van der Waals surface area contributed by atoms with E-state index in [9.17, 15) is 9.59 Å². The number of likely N-dealkylation sites (N-methyl/N-ethyl adjacent to an activating group) is 1. The molecule has 0 atom stereocenters. The highest BCUT2D eigenvalue weighted by Crippen LogP contribution is 2.23. The van der Waals surface area contributed by atoms with Gasteiger partial charge in [-0.15, -0.1) is 0 Å². The smallest absolute Gasteiger partial charge is 0.246 e. The van der Waals surface area contributed by atoms with E-state index in [-0.39, 0.29) is 11.8 Å². The Morgan fingerprint density at radius 2 is 1.96 bits per heavy atom. The summed E-state index contributed by atoms with van der Waals surface area (Å²) in [6, 6.07) is 5.25. The van der Waals surface area contributed by atoms with Crippen LogP contribution in [0.1, 0.15) is 18.9 Å². The van der Waals surface area contributed by atoms with Crippen LogP contribution in [-0.2, 0) is 9.59 Å². The van der Waals surface area contributed by atoms with Crippen LogP contribution in [0.3, 0.4) is 0 Å². The van der Waals surface area contributed by atoms with E-state index in [0.29, 0.717) is 42.8 Å². The van der Waals surface area contributed by atoms with Crippen molar-refractivity contribution in [3.05, 3.63) is 39.9 Å². The van der Waals surface area contributed by atoms with Crippen molar-refractivity contribution in [3.8, 4) is 0 Å². The quantitative estimate of drug-likeness (QED) is 0.795. The maximum atomic E-state index is 12.4. The minimum absolute atomic E-state index is 0.0294. The third-order valence-corrected chi connectivity index (χ3v) is 4.74. The number of hydrogen-bond donors (Lipinski definition) is 1. The number of nitrogens with zero attached hydrogens (tertiary/aromatic N) is 2. The Hall–Kier alpha value is -1.56. The molecular weight excluding hydrogens is 361 g/mol. The molecule has 0 saturated carbocycles. The second-order valence-electron chi connectivity index (χ2n) is 5.92. The van der Waals surface area contributed by atoms with E-state index < -0.39 is 0 Å². The third-order valence-electron chi connectivity index (χ3n) is 4.00. The minimum atomic E-state index is -0.0362. The average molecular weight is 384 g/mol. The number of carbonyl (C=O) groups is 2. The highest BCUT2D eigenvalue weighted by Gasteiger charge is 2.18. The predicted molar refractivity (Wildman–Crippen MR) is 102 cm³/mol. The highest BCUT2D eigenvalue weighted by atomic mass is 35.5. The van der Waals surface area contributed by atoms with Gasteiger partial charge < -0.3 is 10.2 Å². The topological polar surface area (TPSA) is 52.7 Å². The van der Waals surface area contributed by atoms with Crippen molar-refractivity contribution < 1.29 is 9.59 Å². The van der Waals surface area contributed by atoms with Crippen molar-refractivity contribution >= 4 is 41.1 Å². The molecule has 1 aromatic rings. The largest absolute Gasteiger partial charge is 0.355 e. The van der Waals surface area contributed by atoms with E-state index in [0.717, 1.165) is 18.5 Å². The summed E-state index contributed by atoms with van der Waals surface area (Å²) in [5.74, 6) is -0.00674. The molecule has 5 nitrogen and oxygen atoms in total. The third kappa shape index (κ3) is 6.34. The lowest BCUT2D eigenvalue weighted by Crippen LogP contribution is -2.39. The molecular formula is C18H23Cl2N3O2. The van der Waals surface area contributed by atoms with E-state index >= 15 is 0 Å². The SMILES string of the molecule is CCNC(=O)CN1CCCN(C(=O)C=Cc2ccc(Cl)c(Cl)c2)CC1. The fraction of sp³-hybridized carbons (Fsp3) is 0.444. The zero-order valence-corrected chi connectivity index (χ0v) is 15.8. The van der Waals surface area contributed by atoms with Crippen molar-refractivity contribution in [3.63, 3.8) is 0 Å². The van der Waals surface area contributed by atoms with Gasteiger partial charge in [-0.1, -0.05) is 29.3 Å². The second kappa shape index (κ2) is 9.80. The highest BCUT2D eigenvalue weighted by molar-refractivity contribution is 6.42. The summed E-state index contributed by atoms with van der Waals surface area (Å²) >= 11 is 11.9. The van der Waals surface area contributed by atoms with Crippen molar-refractivity contribution in [2.45, 2.75) is 13.3 Å². The number of hydrogen-bond acceptors (Lipinski definition) is 3. The van der Waals surface area contributed by atoms with Crippen LogP contribution in [0.2, 0.25) is 10.0 Å². The van der Waals surface area contributed by atoms with E-state index in [1.807, 2.05) is 17.9 Å². The molecule has 1 fully saturated rings. The maximum absolute atomic E-state index is 12.4. The van der Waals surface area contributed by atoms with Gasteiger partial charge in [-0.05, 0) is 37.1 Å². The molecule has 2 amide bonds. The van der Waals surface area contributed by atoms with Gasteiger partial charge in [0.25, 0.3) is 0 Å². The van der Waals surface area contributed by atoms with Gasteiger partial charge in [-0.2, -0.15) is 0 Å². The minimum Gasteiger partial charge on any atom is -0.355 e. The standard InChI is InChI=1S/C18H23Cl2N3O2/c1-2-21-17(24)13-22-8-3-9-23(11-10-22)18(25)7-5-14-4-6-15(19)16(20)12-14/h4-7,12H,2-3,8-11,13H2,1H3,(H,21,24). The summed E-state index contributed by atoms with van der Waals surface area (Å²) in [6.45, 7) is 5.74. The molecule has 2 rings (SSSR count). The Morgan fingerprint density at radius 3 is 2.68 bits per heavy atom. The lowest BCUT2D eigenvalue weighted by atomic mass is 10.2. The van der Waals surface area contributed by atoms with Gasteiger partial charge in [0, 0.05) is 38.8 Å². The first-order valence-corrected chi connectivity index (χ1v) is 9.16. The normalized spacial score (nSPS) is 16.0. The van der Waals surface area contributed by atoms with Gasteiger partial charge in [0.05, 0.1) is 16.6 Å². The van der Waals surface area contributed by atoms with Crippen LogP contribution < -0.4 is 5.32 Å². The molecule has 0 bridgehead atoms. The monoisotopic (exact) mass is 383 g/mol. The van der Waals surface area contributed by atoms with Crippen LogP contribution in [-0.4, -0.2) is 60.9 Å². The number of benzene rings is 1. The zero-order chi connectivity index (χ0) is 18.2. The van der Waals surface area contributed by atoms with Gasteiger partial charge in [-0.25, -0.2) is 0 Å². The van der Waals surface area contributed by atoms with Crippen LogP contribution in [0.25, 0.3) is 6.08 Å². The summed E-state index contributed by atoms with van der Waals surface area (Å²) in [5.41, 5.74) is 0.829. The van der Waals surface area contributed by atoms with E-state index in [4.69, 9.17) is 23.2 Å². The van der Waals surface area contributed by atoms with Crippen molar-refractivity contribution in [1.82, 2.24) is 15.1 Å². The molecule has 1 N–H and O–H groups in total. The van der Waals surface area contributed by atoms with E-state index in [1.165, 1.54) is 0 Å². The molecule has 25 heavy (non-hydrogen) atoms. The predicted octanol–water partition coefficient (Wildman–Crippen LogP) is 2.68. The summed E-state index contributed by atoms with van der Waals surface area (Å²) in [7, 11) is 0. The summed E-state index contributed by atoms with van der Waals surface area (Å²) in [4.78, 5) is 28.0. The van der Waals surface area contributed by atoms with Crippen molar-refractivity contribution in [2.24, 2.45) is 0 Å². The van der Waals surface area contributed by atoms with Crippen molar-refractivity contribution in [2.75, 3.05) is 39.3 Å². The second-order valence-corrected chi connectivity index (χ2v) is 6.73. The lowest BCUT2D eigenvalue weighted by Gasteiger charge is -2.20. The van der Waals surface area contributed by atoms with Crippen LogP contribution >= 0.6 is 23.2 Å².